The Morgan fingerprint density at radius 1 is 1.25 bits per heavy atom. The number of nitriles is 1. The molecule has 1 aliphatic carbocycles. The standard InChI is InChI=1S/C21H21N7O3S/c1-13(2)28-24-12-19(26-28)32(30,31)27-21(29)25-20-17-5-3-4-14(17)6-7-18(20)15-8-9-23-16(10-15)11-22/h6-10,12-13H,3-5H2,1-2H3,(H2,25,27,29). The molecule has 2 aromatic heterocycles. The van der Waals surface area contributed by atoms with Crippen LogP contribution in [0.3, 0.4) is 0 Å². The lowest BCUT2D eigenvalue weighted by Crippen LogP contribution is -2.35. The van der Waals surface area contributed by atoms with E-state index in [9.17, 15) is 18.5 Å². The highest BCUT2D eigenvalue weighted by Crippen LogP contribution is 2.37. The third-order valence-corrected chi connectivity index (χ3v) is 6.35. The minimum Gasteiger partial charge on any atom is -0.306 e. The molecule has 0 saturated heterocycles. The summed E-state index contributed by atoms with van der Waals surface area (Å²) in [6.45, 7) is 3.62. The van der Waals surface area contributed by atoms with Crippen LogP contribution in [0, 0.1) is 11.3 Å². The number of rotatable bonds is 5. The minimum absolute atomic E-state index is 0.124. The van der Waals surface area contributed by atoms with Gasteiger partial charge >= 0.3 is 6.03 Å². The van der Waals surface area contributed by atoms with Crippen LogP contribution in [0.2, 0.25) is 0 Å². The van der Waals surface area contributed by atoms with Crippen LogP contribution < -0.4 is 10.0 Å². The highest BCUT2D eigenvalue weighted by Gasteiger charge is 2.25. The number of nitrogens with one attached hydrogen (secondary N) is 2. The molecule has 0 aliphatic heterocycles. The number of hydrogen-bond acceptors (Lipinski definition) is 7. The van der Waals surface area contributed by atoms with Crippen molar-refractivity contribution >= 4 is 21.7 Å². The first-order chi connectivity index (χ1) is 15.3. The van der Waals surface area contributed by atoms with Crippen LogP contribution in [0.25, 0.3) is 11.1 Å². The summed E-state index contributed by atoms with van der Waals surface area (Å²) in [5.41, 5.74) is 4.20. The van der Waals surface area contributed by atoms with Gasteiger partial charge in [-0.3, -0.25) is 0 Å². The summed E-state index contributed by atoms with van der Waals surface area (Å²) >= 11 is 0. The molecular weight excluding hydrogens is 430 g/mol. The molecule has 32 heavy (non-hydrogen) atoms. The van der Waals surface area contributed by atoms with Crippen LogP contribution in [0.4, 0.5) is 10.5 Å². The second kappa shape index (κ2) is 8.39. The van der Waals surface area contributed by atoms with Gasteiger partial charge in [0.05, 0.1) is 17.9 Å². The fraction of sp³-hybridized carbons (Fsp3) is 0.286. The van der Waals surface area contributed by atoms with E-state index in [1.165, 1.54) is 11.0 Å². The van der Waals surface area contributed by atoms with Gasteiger partial charge in [0.2, 0.25) is 5.03 Å². The lowest BCUT2D eigenvalue weighted by Gasteiger charge is -2.16. The van der Waals surface area contributed by atoms with E-state index in [-0.39, 0.29) is 16.8 Å². The first-order valence-corrected chi connectivity index (χ1v) is 11.5. The number of aromatic nitrogens is 4. The number of carbonyl (C=O) groups is 1. The molecule has 0 spiro atoms. The van der Waals surface area contributed by atoms with Gasteiger partial charge < -0.3 is 5.32 Å². The Hall–Kier alpha value is -3.78. The zero-order valence-electron chi connectivity index (χ0n) is 17.5. The first kappa shape index (κ1) is 21.5. The van der Waals surface area contributed by atoms with Crippen molar-refractivity contribution < 1.29 is 13.2 Å². The molecule has 2 amide bonds. The Bertz CT molecular complexity index is 1340. The number of hydrogen-bond donors (Lipinski definition) is 2. The summed E-state index contributed by atoms with van der Waals surface area (Å²) in [4.78, 5) is 18.0. The summed E-state index contributed by atoms with van der Waals surface area (Å²) in [6, 6.07) is 8.19. The number of aryl methyl sites for hydroxylation is 1. The van der Waals surface area contributed by atoms with Crippen LogP contribution in [0.15, 0.2) is 41.7 Å². The van der Waals surface area contributed by atoms with Gasteiger partial charge in [0, 0.05) is 11.8 Å². The van der Waals surface area contributed by atoms with Gasteiger partial charge in [-0.05, 0) is 61.9 Å². The van der Waals surface area contributed by atoms with Crippen LogP contribution in [0.5, 0.6) is 0 Å². The quantitative estimate of drug-likeness (QED) is 0.607. The lowest BCUT2D eigenvalue weighted by atomic mass is 9.97. The minimum atomic E-state index is -4.20. The van der Waals surface area contributed by atoms with Gasteiger partial charge in [0.25, 0.3) is 10.0 Å². The van der Waals surface area contributed by atoms with Crippen molar-refractivity contribution in [3.05, 3.63) is 53.5 Å². The SMILES string of the molecule is CC(C)n1ncc(S(=O)(=O)NC(=O)Nc2c(-c3ccnc(C#N)c3)ccc3c2CCC3)n1. The lowest BCUT2D eigenvalue weighted by molar-refractivity contribution is 0.256. The topological polar surface area (TPSA) is 143 Å². The van der Waals surface area contributed by atoms with E-state index >= 15 is 0 Å². The van der Waals surface area contributed by atoms with Gasteiger partial charge in [-0.2, -0.15) is 23.6 Å². The number of anilines is 1. The number of nitrogens with zero attached hydrogens (tertiary/aromatic N) is 5. The number of sulfonamides is 1. The van der Waals surface area contributed by atoms with Gasteiger partial charge in [-0.25, -0.2) is 14.5 Å². The molecule has 11 heteroatoms. The molecule has 2 heterocycles. The molecule has 1 aromatic carbocycles. The zero-order valence-corrected chi connectivity index (χ0v) is 18.3. The normalized spacial score (nSPS) is 12.9. The Labute approximate surface area is 185 Å². The Kier molecular flexibility index (Phi) is 5.63. The molecule has 0 bridgehead atoms. The van der Waals surface area contributed by atoms with Gasteiger partial charge in [0.15, 0.2) is 0 Å². The number of amides is 2. The van der Waals surface area contributed by atoms with E-state index < -0.39 is 16.1 Å². The Morgan fingerprint density at radius 2 is 2.06 bits per heavy atom. The van der Waals surface area contributed by atoms with Crippen LogP contribution in [0.1, 0.15) is 43.1 Å². The van der Waals surface area contributed by atoms with Gasteiger partial charge in [0.1, 0.15) is 11.8 Å². The smallest absolute Gasteiger partial charge is 0.306 e. The summed E-state index contributed by atoms with van der Waals surface area (Å²) in [6.07, 6.45) is 5.19. The van der Waals surface area contributed by atoms with E-state index in [2.05, 4.69) is 20.5 Å². The van der Waals surface area contributed by atoms with E-state index in [4.69, 9.17) is 0 Å². The third kappa shape index (κ3) is 4.17. The molecule has 0 unspecified atom stereocenters. The van der Waals surface area contributed by atoms with E-state index in [1.807, 2.05) is 36.8 Å². The second-order valence-corrected chi connectivity index (χ2v) is 9.31. The van der Waals surface area contributed by atoms with Crippen molar-refractivity contribution in [2.75, 3.05) is 5.32 Å². The van der Waals surface area contributed by atoms with Crippen molar-refractivity contribution in [3.8, 4) is 17.2 Å². The maximum absolute atomic E-state index is 12.7. The van der Waals surface area contributed by atoms with Gasteiger partial charge in [-0.15, -0.1) is 5.10 Å². The van der Waals surface area contributed by atoms with E-state index in [0.29, 0.717) is 16.8 Å². The fourth-order valence-corrected chi connectivity index (χ4v) is 4.43. The van der Waals surface area contributed by atoms with Crippen molar-refractivity contribution in [1.29, 1.82) is 5.26 Å². The number of carbonyl (C=O) groups excluding carboxylic acids is 1. The van der Waals surface area contributed by atoms with Crippen molar-refractivity contribution in [1.82, 2.24) is 24.7 Å². The molecule has 164 valence electrons. The number of benzene rings is 1. The molecule has 0 fully saturated rings. The summed E-state index contributed by atoms with van der Waals surface area (Å²) in [5, 5.41) is 19.4. The molecular formula is C21H21N7O3S. The number of pyridine rings is 1. The molecule has 0 radical (unpaired) electrons. The summed E-state index contributed by atoms with van der Waals surface area (Å²) < 4.78 is 27.2. The van der Waals surface area contributed by atoms with Crippen molar-refractivity contribution in [2.45, 2.75) is 44.2 Å². The maximum atomic E-state index is 12.7. The average molecular weight is 452 g/mol. The van der Waals surface area contributed by atoms with Gasteiger partial charge in [-0.1, -0.05) is 12.1 Å². The third-order valence-electron chi connectivity index (χ3n) is 5.16. The molecule has 10 nitrogen and oxygen atoms in total. The summed E-state index contributed by atoms with van der Waals surface area (Å²) in [7, 11) is -4.20. The Morgan fingerprint density at radius 3 is 2.78 bits per heavy atom. The van der Waals surface area contributed by atoms with Crippen LogP contribution in [-0.4, -0.2) is 34.4 Å². The highest BCUT2D eigenvalue weighted by molar-refractivity contribution is 7.90. The molecule has 1 aliphatic rings. The fourth-order valence-electron chi connectivity index (χ4n) is 3.66. The molecule has 0 saturated carbocycles. The van der Waals surface area contributed by atoms with E-state index in [1.54, 1.807) is 12.1 Å². The maximum Gasteiger partial charge on any atom is 0.333 e. The largest absolute Gasteiger partial charge is 0.333 e. The predicted octanol–water partition coefficient (Wildman–Crippen LogP) is 2.79. The first-order valence-electron chi connectivity index (χ1n) is 10.1. The molecule has 0 atom stereocenters. The molecule has 4 rings (SSSR count). The number of urea groups is 1. The van der Waals surface area contributed by atoms with Crippen LogP contribution >= 0.6 is 0 Å². The van der Waals surface area contributed by atoms with E-state index in [0.717, 1.165) is 36.6 Å². The zero-order chi connectivity index (χ0) is 22.9. The average Bonchev–Trinajstić information content (AvgIpc) is 3.44. The molecule has 2 N–H and O–H groups in total. The van der Waals surface area contributed by atoms with Crippen LogP contribution in [-0.2, 0) is 22.9 Å². The Balaban J connectivity index is 1.65. The second-order valence-electron chi connectivity index (χ2n) is 7.68. The summed E-state index contributed by atoms with van der Waals surface area (Å²) in [5.74, 6) is 0. The molecule has 3 aromatic rings. The van der Waals surface area contributed by atoms with Crippen molar-refractivity contribution in [2.24, 2.45) is 0 Å². The van der Waals surface area contributed by atoms with Crippen molar-refractivity contribution in [3.63, 3.8) is 0 Å². The monoisotopic (exact) mass is 451 g/mol. The highest BCUT2D eigenvalue weighted by atomic mass is 32.2. The predicted molar refractivity (Wildman–Crippen MR) is 116 cm³/mol. The number of fused-ring (bicyclic) bond motifs is 1.